The third-order valence-electron chi connectivity index (χ3n) is 6.22. The average Bonchev–Trinajstić information content (AvgIpc) is 2.83. The molecule has 1 atom stereocenters. The van der Waals surface area contributed by atoms with Crippen molar-refractivity contribution in [3.63, 3.8) is 0 Å². The molecular formula is C25H36N2O2S. The zero-order valence-electron chi connectivity index (χ0n) is 18.8. The highest BCUT2D eigenvalue weighted by Gasteiger charge is 2.42. The number of benzene rings is 2. The maximum Gasteiger partial charge on any atom is 0.180 e. The van der Waals surface area contributed by atoms with Gasteiger partial charge in [0.15, 0.2) is 9.84 Å². The van der Waals surface area contributed by atoms with Gasteiger partial charge in [0.05, 0.1) is 16.7 Å². The molecule has 0 unspecified atom stereocenters. The molecule has 1 aliphatic heterocycles. The van der Waals surface area contributed by atoms with Gasteiger partial charge in [0.2, 0.25) is 0 Å². The second kappa shape index (κ2) is 9.52. The Kier molecular flexibility index (Phi) is 7.25. The molecule has 2 aromatic carbocycles. The minimum Gasteiger partial charge on any atom is -0.378 e. The van der Waals surface area contributed by atoms with E-state index in [-0.39, 0.29) is 11.8 Å². The first-order chi connectivity index (χ1) is 14.3. The molecule has 0 amide bonds. The summed E-state index contributed by atoms with van der Waals surface area (Å²) in [5.41, 5.74) is 2.58. The van der Waals surface area contributed by atoms with Gasteiger partial charge in [-0.25, -0.2) is 8.42 Å². The van der Waals surface area contributed by atoms with Crippen LogP contribution in [0.5, 0.6) is 0 Å². The highest BCUT2D eigenvalue weighted by molar-refractivity contribution is 7.91. The highest BCUT2D eigenvalue weighted by atomic mass is 32.2. The van der Waals surface area contributed by atoms with Gasteiger partial charge >= 0.3 is 0 Å². The second-order valence-electron chi connectivity index (χ2n) is 8.85. The molecule has 1 N–H and O–H groups in total. The van der Waals surface area contributed by atoms with Crippen LogP contribution < -0.4 is 10.2 Å². The highest BCUT2D eigenvalue weighted by Crippen LogP contribution is 2.40. The van der Waals surface area contributed by atoms with Crippen molar-refractivity contribution >= 4 is 15.5 Å². The van der Waals surface area contributed by atoms with E-state index in [1.807, 2.05) is 55.4 Å². The molecule has 4 nitrogen and oxygen atoms in total. The normalized spacial score (nSPS) is 19.7. The Balaban J connectivity index is 2.21. The number of hydrogen-bond acceptors (Lipinski definition) is 4. The predicted molar refractivity (Wildman–Crippen MR) is 126 cm³/mol. The molecule has 5 heteroatoms. The van der Waals surface area contributed by atoms with Crippen molar-refractivity contribution in [3.8, 4) is 0 Å². The van der Waals surface area contributed by atoms with E-state index in [1.54, 1.807) is 0 Å². The number of fused-ring (bicyclic) bond motifs is 1. The predicted octanol–water partition coefficient (Wildman–Crippen LogP) is 5.34. The van der Waals surface area contributed by atoms with Crippen LogP contribution in [0.4, 0.5) is 5.69 Å². The molecule has 1 heterocycles. The van der Waals surface area contributed by atoms with Crippen LogP contribution >= 0.6 is 0 Å². The number of hydrogen-bond donors (Lipinski definition) is 1. The van der Waals surface area contributed by atoms with Gasteiger partial charge in [0, 0.05) is 25.3 Å². The Morgan fingerprint density at radius 1 is 1.00 bits per heavy atom. The van der Waals surface area contributed by atoms with Crippen molar-refractivity contribution in [2.45, 2.75) is 68.8 Å². The Bertz CT molecular complexity index is 931. The van der Waals surface area contributed by atoms with Crippen molar-refractivity contribution in [1.82, 2.24) is 5.32 Å². The van der Waals surface area contributed by atoms with Gasteiger partial charge < -0.3 is 4.90 Å². The summed E-state index contributed by atoms with van der Waals surface area (Å²) < 4.78 is 27.3. The van der Waals surface area contributed by atoms with Gasteiger partial charge in [0.25, 0.3) is 0 Å². The van der Waals surface area contributed by atoms with Crippen LogP contribution in [0.25, 0.3) is 0 Å². The summed E-state index contributed by atoms with van der Waals surface area (Å²) in [6.07, 6.45) is 5.91. The minimum absolute atomic E-state index is 0.146. The smallest absolute Gasteiger partial charge is 0.180 e. The number of nitrogens with one attached hydrogen (secondary N) is 1. The topological polar surface area (TPSA) is 49.4 Å². The lowest BCUT2D eigenvalue weighted by atomic mass is 9.86. The van der Waals surface area contributed by atoms with E-state index in [2.05, 4.69) is 31.3 Å². The average molecular weight is 429 g/mol. The lowest BCUT2D eigenvalue weighted by molar-refractivity contribution is 0.278. The fourth-order valence-corrected chi connectivity index (χ4v) is 6.61. The van der Waals surface area contributed by atoms with E-state index >= 15 is 0 Å². The SMILES string of the molecule is CCCCC1(CCCC)CS(=O)(=O)c2ccc(N(C)C)cc2[C@@H](c2ccccc2)N1. The van der Waals surface area contributed by atoms with Crippen LogP contribution in [-0.4, -0.2) is 33.8 Å². The van der Waals surface area contributed by atoms with Crippen molar-refractivity contribution in [3.05, 3.63) is 59.7 Å². The Morgan fingerprint density at radius 2 is 1.63 bits per heavy atom. The van der Waals surface area contributed by atoms with Crippen LogP contribution in [0.2, 0.25) is 0 Å². The number of rotatable bonds is 8. The van der Waals surface area contributed by atoms with Gasteiger partial charge in [-0.3, -0.25) is 5.32 Å². The Morgan fingerprint density at radius 3 is 2.20 bits per heavy atom. The molecular weight excluding hydrogens is 392 g/mol. The molecule has 2 aromatic rings. The number of sulfone groups is 1. The van der Waals surface area contributed by atoms with Gasteiger partial charge in [0.1, 0.15) is 0 Å². The number of unbranched alkanes of at least 4 members (excludes halogenated alkanes) is 2. The van der Waals surface area contributed by atoms with Crippen LogP contribution in [0.15, 0.2) is 53.4 Å². The summed E-state index contributed by atoms with van der Waals surface area (Å²) in [6, 6.07) is 15.9. The fourth-order valence-electron chi connectivity index (χ4n) is 4.54. The molecule has 0 aliphatic carbocycles. The van der Waals surface area contributed by atoms with E-state index in [0.29, 0.717) is 4.90 Å². The summed E-state index contributed by atoms with van der Waals surface area (Å²) in [5.74, 6) is 0.164. The van der Waals surface area contributed by atoms with E-state index in [4.69, 9.17) is 0 Å². The van der Waals surface area contributed by atoms with E-state index in [0.717, 1.165) is 55.3 Å². The Labute approximate surface area is 182 Å². The van der Waals surface area contributed by atoms with E-state index in [1.165, 1.54) is 0 Å². The lowest BCUT2D eigenvalue weighted by Gasteiger charge is -2.37. The number of anilines is 1. The summed E-state index contributed by atoms with van der Waals surface area (Å²) in [5, 5.41) is 3.90. The zero-order valence-corrected chi connectivity index (χ0v) is 19.6. The van der Waals surface area contributed by atoms with Crippen molar-refractivity contribution in [1.29, 1.82) is 0 Å². The summed E-state index contributed by atoms with van der Waals surface area (Å²) in [7, 11) is 0.570. The zero-order chi connectivity index (χ0) is 21.8. The van der Waals surface area contributed by atoms with Crippen LogP contribution in [-0.2, 0) is 9.84 Å². The quantitative estimate of drug-likeness (QED) is 0.617. The molecule has 0 aromatic heterocycles. The monoisotopic (exact) mass is 428 g/mol. The minimum atomic E-state index is -3.41. The molecule has 30 heavy (non-hydrogen) atoms. The van der Waals surface area contributed by atoms with E-state index < -0.39 is 15.4 Å². The first-order valence-corrected chi connectivity index (χ1v) is 12.8. The molecule has 1 aliphatic rings. The van der Waals surface area contributed by atoms with Crippen LogP contribution in [0, 0.1) is 0 Å². The lowest BCUT2D eigenvalue weighted by Crippen LogP contribution is -2.50. The second-order valence-corrected chi connectivity index (χ2v) is 10.8. The third kappa shape index (κ3) is 4.89. The van der Waals surface area contributed by atoms with Crippen LogP contribution in [0.1, 0.15) is 69.5 Å². The first kappa shape index (κ1) is 22.8. The molecule has 0 radical (unpaired) electrons. The summed E-state index contributed by atoms with van der Waals surface area (Å²) in [6.45, 7) is 4.34. The third-order valence-corrected chi connectivity index (χ3v) is 8.20. The standard InChI is InChI=1S/C25H36N2O2S/c1-5-7-16-25(17-8-6-2)19-30(28,29)23-15-14-21(27(3)4)18-22(23)24(26-25)20-12-10-9-11-13-20/h9-15,18,24,26H,5-8,16-17,19H2,1-4H3/t24-/m1/s1. The van der Waals surface area contributed by atoms with Gasteiger partial charge in [-0.05, 0) is 42.2 Å². The summed E-state index contributed by atoms with van der Waals surface area (Å²) in [4.78, 5) is 2.51. The van der Waals surface area contributed by atoms with Crippen molar-refractivity contribution in [2.75, 3.05) is 24.7 Å². The van der Waals surface area contributed by atoms with E-state index in [9.17, 15) is 8.42 Å². The van der Waals surface area contributed by atoms with Gasteiger partial charge in [-0.15, -0.1) is 0 Å². The molecule has 0 saturated heterocycles. The van der Waals surface area contributed by atoms with Crippen molar-refractivity contribution < 1.29 is 8.42 Å². The van der Waals surface area contributed by atoms with Gasteiger partial charge in [-0.1, -0.05) is 69.9 Å². The van der Waals surface area contributed by atoms with Gasteiger partial charge in [-0.2, -0.15) is 0 Å². The van der Waals surface area contributed by atoms with Crippen LogP contribution in [0.3, 0.4) is 0 Å². The molecule has 0 spiro atoms. The van der Waals surface area contributed by atoms with Crippen molar-refractivity contribution in [2.24, 2.45) is 0 Å². The fraction of sp³-hybridized carbons (Fsp3) is 0.520. The maximum atomic E-state index is 13.6. The molecule has 3 rings (SSSR count). The number of nitrogens with zero attached hydrogens (tertiary/aromatic N) is 1. The first-order valence-electron chi connectivity index (χ1n) is 11.2. The maximum absolute atomic E-state index is 13.6. The Hall–Kier alpha value is -1.85. The molecule has 0 bridgehead atoms. The largest absolute Gasteiger partial charge is 0.378 e. The molecule has 0 fully saturated rings. The summed E-state index contributed by atoms with van der Waals surface area (Å²) >= 11 is 0. The molecule has 0 saturated carbocycles. The molecule has 164 valence electrons.